The standard InChI is InChI=1S/C18H27N3O4/c1-4-21(11-17(22)19-13(2)3)12-18(23)20-14-6-7-15-16(10-14)25-9-5-8-24-15/h6-7,10,13H,4-5,8-9,11-12H2,1-3H3,(H,19,22)(H,20,23)/p+1. The van der Waals surface area contributed by atoms with Crippen molar-refractivity contribution in [2.75, 3.05) is 38.2 Å². The van der Waals surface area contributed by atoms with Crippen molar-refractivity contribution < 1.29 is 24.0 Å². The van der Waals surface area contributed by atoms with E-state index in [1.807, 2.05) is 20.8 Å². The van der Waals surface area contributed by atoms with Crippen molar-refractivity contribution in [3.8, 4) is 11.5 Å². The summed E-state index contributed by atoms with van der Waals surface area (Å²) in [4.78, 5) is 25.1. The first-order valence-electron chi connectivity index (χ1n) is 8.80. The van der Waals surface area contributed by atoms with Crippen molar-refractivity contribution >= 4 is 17.5 Å². The zero-order chi connectivity index (χ0) is 18.2. The third kappa shape index (κ3) is 6.26. The highest BCUT2D eigenvalue weighted by Gasteiger charge is 2.18. The number of likely N-dealkylation sites (N-methyl/N-ethyl adjacent to an activating group) is 1. The molecule has 0 aromatic heterocycles. The minimum atomic E-state index is -0.135. The third-order valence-corrected chi connectivity index (χ3v) is 3.80. The van der Waals surface area contributed by atoms with Crippen LogP contribution in [0.3, 0.4) is 0 Å². The van der Waals surface area contributed by atoms with Crippen molar-refractivity contribution in [3.63, 3.8) is 0 Å². The maximum Gasteiger partial charge on any atom is 0.279 e. The highest BCUT2D eigenvalue weighted by atomic mass is 16.5. The minimum absolute atomic E-state index is 0.0461. The van der Waals surface area contributed by atoms with E-state index in [9.17, 15) is 9.59 Å². The van der Waals surface area contributed by atoms with Gasteiger partial charge in [-0.3, -0.25) is 9.59 Å². The summed E-state index contributed by atoms with van der Waals surface area (Å²) in [6, 6.07) is 5.47. The topological polar surface area (TPSA) is 81.1 Å². The molecule has 0 radical (unpaired) electrons. The Morgan fingerprint density at radius 3 is 2.48 bits per heavy atom. The van der Waals surface area contributed by atoms with Crippen molar-refractivity contribution in [3.05, 3.63) is 18.2 Å². The van der Waals surface area contributed by atoms with Gasteiger partial charge in [0.1, 0.15) is 0 Å². The highest BCUT2D eigenvalue weighted by molar-refractivity contribution is 5.92. The smallest absolute Gasteiger partial charge is 0.279 e. The summed E-state index contributed by atoms with van der Waals surface area (Å²) in [5.41, 5.74) is 0.663. The molecule has 138 valence electrons. The van der Waals surface area contributed by atoms with E-state index < -0.39 is 0 Å². The van der Waals surface area contributed by atoms with Gasteiger partial charge in [-0.2, -0.15) is 0 Å². The lowest BCUT2D eigenvalue weighted by molar-refractivity contribution is -0.881. The fraction of sp³-hybridized carbons (Fsp3) is 0.556. The molecule has 1 aromatic carbocycles. The van der Waals surface area contributed by atoms with Crippen LogP contribution in [0.4, 0.5) is 5.69 Å². The van der Waals surface area contributed by atoms with Crippen molar-refractivity contribution in [2.24, 2.45) is 0 Å². The molecule has 1 atom stereocenters. The second kappa shape index (κ2) is 9.27. The maximum atomic E-state index is 12.3. The van der Waals surface area contributed by atoms with E-state index >= 15 is 0 Å². The van der Waals surface area contributed by atoms with Crippen LogP contribution in [-0.2, 0) is 9.59 Å². The zero-order valence-electron chi connectivity index (χ0n) is 15.2. The van der Waals surface area contributed by atoms with E-state index in [0.717, 1.165) is 11.3 Å². The van der Waals surface area contributed by atoms with Gasteiger partial charge in [0.2, 0.25) is 0 Å². The summed E-state index contributed by atoms with van der Waals surface area (Å²) in [6.45, 7) is 8.23. The first-order chi connectivity index (χ1) is 12.0. The number of ether oxygens (including phenoxy) is 2. The van der Waals surface area contributed by atoms with Gasteiger partial charge >= 0.3 is 0 Å². The normalized spacial score (nSPS) is 14.6. The number of hydrogen-bond acceptors (Lipinski definition) is 4. The van der Waals surface area contributed by atoms with E-state index in [1.165, 1.54) is 0 Å². The zero-order valence-corrected chi connectivity index (χ0v) is 15.2. The summed E-state index contributed by atoms with van der Waals surface area (Å²) in [5, 5.41) is 5.71. The second-order valence-electron chi connectivity index (χ2n) is 6.44. The van der Waals surface area contributed by atoms with Gasteiger partial charge in [-0.25, -0.2) is 0 Å². The van der Waals surface area contributed by atoms with Crippen LogP contribution in [0.1, 0.15) is 27.2 Å². The summed E-state index contributed by atoms with van der Waals surface area (Å²) < 4.78 is 11.2. The Hall–Kier alpha value is -2.28. The van der Waals surface area contributed by atoms with Crippen LogP contribution >= 0.6 is 0 Å². The lowest BCUT2D eigenvalue weighted by Gasteiger charge is -2.18. The Balaban J connectivity index is 1.90. The van der Waals surface area contributed by atoms with Crippen LogP contribution < -0.4 is 25.0 Å². The lowest BCUT2D eigenvalue weighted by atomic mass is 10.2. The largest absolute Gasteiger partial charge is 0.490 e. The number of nitrogens with one attached hydrogen (secondary N) is 3. The summed E-state index contributed by atoms with van der Waals surface area (Å²) in [6.07, 6.45) is 0.837. The van der Waals surface area contributed by atoms with Gasteiger partial charge in [0, 0.05) is 24.2 Å². The molecular formula is C18H28N3O4+. The van der Waals surface area contributed by atoms with Gasteiger partial charge in [-0.1, -0.05) is 0 Å². The van der Waals surface area contributed by atoms with Crippen molar-refractivity contribution in [1.29, 1.82) is 0 Å². The number of rotatable bonds is 7. The molecule has 1 heterocycles. The molecule has 2 amide bonds. The van der Waals surface area contributed by atoms with Crippen LogP contribution in [0, 0.1) is 0 Å². The molecule has 2 rings (SSSR count). The molecule has 0 aliphatic carbocycles. The predicted octanol–water partition coefficient (Wildman–Crippen LogP) is 0.216. The minimum Gasteiger partial charge on any atom is -0.490 e. The van der Waals surface area contributed by atoms with Crippen LogP contribution in [0.15, 0.2) is 18.2 Å². The molecule has 7 nitrogen and oxygen atoms in total. The molecule has 0 saturated heterocycles. The number of anilines is 1. The number of carbonyl (C=O) groups is 2. The predicted molar refractivity (Wildman–Crippen MR) is 95.2 cm³/mol. The quantitative estimate of drug-likeness (QED) is 0.657. The molecule has 7 heteroatoms. The number of amides is 2. The molecule has 1 unspecified atom stereocenters. The van der Waals surface area contributed by atoms with E-state index in [1.54, 1.807) is 18.2 Å². The molecule has 0 bridgehead atoms. The van der Waals surface area contributed by atoms with E-state index in [0.29, 0.717) is 36.9 Å². The molecule has 1 aromatic rings. The average Bonchev–Trinajstić information content (AvgIpc) is 2.78. The van der Waals surface area contributed by atoms with Gasteiger partial charge in [0.05, 0.1) is 19.8 Å². The van der Waals surface area contributed by atoms with Gasteiger partial charge < -0.3 is 25.0 Å². The van der Waals surface area contributed by atoms with Gasteiger partial charge in [-0.15, -0.1) is 0 Å². The van der Waals surface area contributed by atoms with Crippen molar-refractivity contribution in [1.82, 2.24) is 5.32 Å². The average molecular weight is 350 g/mol. The maximum absolute atomic E-state index is 12.3. The van der Waals surface area contributed by atoms with Crippen molar-refractivity contribution in [2.45, 2.75) is 33.2 Å². The van der Waals surface area contributed by atoms with Crippen LogP contribution in [-0.4, -0.2) is 50.7 Å². The lowest BCUT2D eigenvalue weighted by Crippen LogP contribution is -3.14. The fourth-order valence-electron chi connectivity index (χ4n) is 2.59. The van der Waals surface area contributed by atoms with Crippen LogP contribution in [0.25, 0.3) is 0 Å². The molecule has 3 N–H and O–H groups in total. The first-order valence-corrected chi connectivity index (χ1v) is 8.80. The monoisotopic (exact) mass is 350 g/mol. The Labute approximate surface area is 148 Å². The van der Waals surface area contributed by atoms with Gasteiger partial charge in [-0.05, 0) is 32.9 Å². The molecular weight excluding hydrogens is 322 g/mol. The SMILES string of the molecule is CC[NH+](CC(=O)Nc1ccc2c(c1)OCCCO2)CC(=O)NC(C)C. The van der Waals surface area contributed by atoms with Gasteiger partial charge in [0.25, 0.3) is 11.8 Å². The molecule has 0 spiro atoms. The second-order valence-corrected chi connectivity index (χ2v) is 6.44. The number of hydrogen-bond donors (Lipinski definition) is 3. The van der Waals surface area contributed by atoms with Gasteiger partial charge in [0.15, 0.2) is 24.6 Å². The Kier molecular flexibility index (Phi) is 7.06. The van der Waals surface area contributed by atoms with Crippen LogP contribution in [0.2, 0.25) is 0 Å². The molecule has 0 saturated carbocycles. The molecule has 25 heavy (non-hydrogen) atoms. The van der Waals surface area contributed by atoms with E-state index in [2.05, 4.69) is 10.6 Å². The summed E-state index contributed by atoms with van der Waals surface area (Å²) in [7, 11) is 0. The number of carbonyl (C=O) groups excluding carboxylic acids is 2. The van der Waals surface area contributed by atoms with Crippen LogP contribution in [0.5, 0.6) is 11.5 Å². The summed E-state index contributed by atoms with van der Waals surface area (Å²) in [5.74, 6) is 1.16. The molecule has 1 aliphatic rings. The highest BCUT2D eigenvalue weighted by Crippen LogP contribution is 2.32. The molecule has 0 fully saturated rings. The number of benzene rings is 1. The number of fused-ring (bicyclic) bond motifs is 1. The molecule has 1 aliphatic heterocycles. The first kappa shape index (κ1) is 19.1. The van der Waals surface area contributed by atoms with E-state index in [4.69, 9.17) is 9.47 Å². The number of quaternary nitrogens is 1. The Morgan fingerprint density at radius 1 is 1.12 bits per heavy atom. The third-order valence-electron chi connectivity index (χ3n) is 3.80. The summed E-state index contributed by atoms with van der Waals surface area (Å²) >= 11 is 0. The Morgan fingerprint density at radius 2 is 1.80 bits per heavy atom. The fourth-order valence-corrected chi connectivity index (χ4v) is 2.59. The van der Waals surface area contributed by atoms with E-state index in [-0.39, 0.29) is 30.9 Å². The Bertz CT molecular complexity index is 604.